The van der Waals surface area contributed by atoms with Crippen LogP contribution in [0.15, 0.2) is 54.6 Å². The van der Waals surface area contributed by atoms with Gasteiger partial charge in [-0.25, -0.2) is 0 Å². The highest BCUT2D eigenvalue weighted by molar-refractivity contribution is 6.06. The van der Waals surface area contributed by atoms with Crippen LogP contribution in [0.5, 0.6) is 5.75 Å². The molecule has 0 aromatic heterocycles. The summed E-state index contributed by atoms with van der Waals surface area (Å²) in [6, 6.07) is 14.8. The number of benzene rings is 2. The van der Waals surface area contributed by atoms with Crippen LogP contribution in [0.1, 0.15) is 35.3 Å². The van der Waals surface area contributed by atoms with Crippen molar-refractivity contribution in [2.45, 2.75) is 20.4 Å². The van der Waals surface area contributed by atoms with Gasteiger partial charge in [0.25, 0.3) is 0 Å². The molecule has 0 amide bonds. The largest absolute Gasteiger partial charge is 0.507 e. The summed E-state index contributed by atoms with van der Waals surface area (Å²) in [5.74, 6) is 0.177. The number of rotatable bonds is 7. The summed E-state index contributed by atoms with van der Waals surface area (Å²) < 4.78 is 0. The highest BCUT2D eigenvalue weighted by Gasteiger charge is 2.09. The first kappa shape index (κ1) is 17.0. The first-order valence-corrected chi connectivity index (χ1v) is 7.96. The molecule has 0 unspecified atom stereocenters. The standard InChI is InChI=1S/C20H23NO2/c1-3-21(4-2)15-18-12-8-11-17(20(18)23)13-14-19(22)16-9-6-5-7-10-16/h5-14,23H,3-4,15H2,1-2H3/b14-13+. The van der Waals surface area contributed by atoms with Crippen LogP contribution in [0.4, 0.5) is 0 Å². The molecule has 0 bridgehead atoms. The van der Waals surface area contributed by atoms with Crippen LogP contribution >= 0.6 is 0 Å². The van der Waals surface area contributed by atoms with Gasteiger partial charge in [-0.1, -0.05) is 62.4 Å². The van der Waals surface area contributed by atoms with Gasteiger partial charge in [0.05, 0.1) is 0 Å². The van der Waals surface area contributed by atoms with Crippen LogP contribution in [0.25, 0.3) is 6.08 Å². The number of aromatic hydroxyl groups is 1. The number of ketones is 1. The molecular weight excluding hydrogens is 286 g/mol. The fourth-order valence-electron chi connectivity index (χ4n) is 2.43. The van der Waals surface area contributed by atoms with Crippen molar-refractivity contribution >= 4 is 11.9 Å². The minimum Gasteiger partial charge on any atom is -0.507 e. The van der Waals surface area contributed by atoms with Gasteiger partial charge in [-0.15, -0.1) is 0 Å². The first-order chi connectivity index (χ1) is 11.2. The molecule has 3 nitrogen and oxygen atoms in total. The summed E-state index contributed by atoms with van der Waals surface area (Å²) in [4.78, 5) is 14.3. The lowest BCUT2D eigenvalue weighted by Gasteiger charge is -2.19. The smallest absolute Gasteiger partial charge is 0.185 e. The maximum Gasteiger partial charge on any atom is 0.185 e. The monoisotopic (exact) mass is 309 g/mol. The minimum atomic E-state index is -0.0702. The zero-order valence-corrected chi connectivity index (χ0v) is 13.7. The Kier molecular flexibility index (Phi) is 6.12. The van der Waals surface area contributed by atoms with Gasteiger partial charge in [-0.2, -0.15) is 0 Å². The van der Waals surface area contributed by atoms with Crippen LogP contribution in [0, 0.1) is 0 Å². The van der Waals surface area contributed by atoms with E-state index in [1.165, 1.54) is 6.08 Å². The molecule has 0 aliphatic heterocycles. The van der Waals surface area contributed by atoms with E-state index in [4.69, 9.17) is 0 Å². The molecule has 2 aromatic carbocycles. The second-order valence-corrected chi connectivity index (χ2v) is 5.38. The highest BCUT2D eigenvalue weighted by atomic mass is 16.3. The highest BCUT2D eigenvalue weighted by Crippen LogP contribution is 2.25. The number of carbonyl (C=O) groups is 1. The van der Waals surface area contributed by atoms with Gasteiger partial charge in [0, 0.05) is 23.2 Å². The Labute approximate surface area is 137 Å². The molecule has 3 heteroatoms. The molecule has 2 aromatic rings. The van der Waals surface area contributed by atoms with Crippen molar-refractivity contribution in [3.8, 4) is 5.75 Å². The Bertz CT molecular complexity index is 673. The number of carbonyl (C=O) groups excluding carboxylic acids is 1. The van der Waals surface area contributed by atoms with E-state index in [9.17, 15) is 9.90 Å². The van der Waals surface area contributed by atoms with Crippen molar-refractivity contribution in [2.24, 2.45) is 0 Å². The van der Waals surface area contributed by atoms with Crippen molar-refractivity contribution < 1.29 is 9.90 Å². The molecule has 0 aliphatic rings. The van der Waals surface area contributed by atoms with E-state index >= 15 is 0 Å². The van der Waals surface area contributed by atoms with E-state index in [0.29, 0.717) is 17.7 Å². The number of phenols is 1. The van der Waals surface area contributed by atoms with E-state index in [1.807, 2.05) is 36.4 Å². The summed E-state index contributed by atoms with van der Waals surface area (Å²) in [6.07, 6.45) is 3.18. The van der Waals surface area contributed by atoms with Gasteiger partial charge in [0.15, 0.2) is 5.78 Å². The SMILES string of the molecule is CCN(CC)Cc1cccc(/C=C/C(=O)c2ccccc2)c1O. The van der Waals surface area contributed by atoms with Gasteiger partial charge in [0.2, 0.25) is 0 Å². The van der Waals surface area contributed by atoms with Crippen LogP contribution in [-0.2, 0) is 6.54 Å². The van der Waals surface area contributed by atoms with E-state index < -0.39 is 0 Å². The first-order valence-electron chi connectivity index (χ1n) is 7.96. The number of para-hydroxylation sites is 1. The third kappa shape index (κ3) is 4.54. The van der Waals surface area contributed by atoms with Gasteiger partial charge in [-0.05, 0) is 25.2 Å². The van der Waals surface area contributed by atoms with E-state index in [0.717, 1.165) is 18.7 Å². The summed E-state index contributed by atoms with van der Waals surface area (Å²) in [5.41, 5.74) is 2.18. The Morgan fingerprint density at radius 3 is 2.39 bits per heavy atom. The predicted octanol–water partition coefficient (Wildman–Crippen LogP) is 4.13. The average molecular weight is 309 g/mol. The third-order valence-electron chi connectivity index (χ3n) is 3.91. The van der Waals surface area contributed by atoms with Gasteiger partial charge in [0.1, 0.15) is 5.75 Å². The number of phenolic OH excluding ortho intramolecular Hbond substituents is 1. The van der Waals surface area contributed by atoms with Crippen LogP contribution in [0.2, 0.25) is 0 Å². The molecule has 0 spiro atoms. The quantitative estimate of drug-likeness (QED) is 0.617. The Morgan fingerprint density at radius 1 is 1.04 bits per heavy atom. The number of nitrogens with zero attached hydrogens (tertiary/aromatic N) is 1. The molecule has 23 heavy (non-hydrogen) atoms. The predicted molar refractivity (Wildman–Crippen MR) is 94.5 cm³/mol. The van der Waals surface area contributed by atoms with E-state index in [2.05, 4.69) is 18.7 Å². The van der Waals surface area contributed by atoms with Crippen molar-refractivity contribution in [1.29, 1.82) is 0 Å². The molecule has 0 saturated heterocycles. The molecule has 2 rings (SSSR count). The number of allylic oxidation sites excluding steroid dienone is 1. The van der Waals surface area contributed by atoms with Crippen molar-refractivity contribution in [2.75, 3.05) is 13.1 Å². The van der Waals surface area contributed by atoms with Gasteiger partial charge in [-0.3, -0.25) is 9.69 Å². The zero-order chi connectivity index (χ0) is 16.7. The maximum atomic E-state index is 12.1. The maximum absolute atomic E-state index is 12.1. The molecular formula is C20H23NO2. The molecule has 0 atom stereocenters. The van der Waals surface area contributed by atoms with Gasteiger partial charge >= 0.3 is 0 Å². The van der Waals surface area contributed by atoms with Crippen LogP contribution in [0.3, 0.4) is 0 Å². The topological polar surface area (TPSA) is 40.5 Å². The van der Waals surface area contributed by atoms with Crippen molar-refractivity contribution in [3.05, 3.63) is 71.3 Å². The zero-order valence-electron chi connectivity index (χ0n) is 13.7. The second kappa shape index (κ2) is 8.30. The fourth-order valence-corrected chi connectivity index (χ4v) is 2.43. The summed E-state index contributed by atoms with van der Waals surface area (Å²) in [5, 5.41) is 10.4. The molecule has 0 fully saturated rings. The van der Waals surface area contributed by atoms with Crippen LogP contribution < -0.4 is 0 Å². The lowest BCUT2D eigenvalue weighted by molar-refractivity contribution is 0.104. The lowest BCUT2D eigenvalue weighted by atomic mass is 10.1. The Morgan fingerprint density at radius 2 is 1.74 bits per heavy atom. The van der Waals surface area contributed by atoms with Gasteiger partial charge < -0.3 is 5.11 Å². The summed E-state index contributed by atoms with van der Waals surface area (Å²) in [7, 11) is 0. The van der Waals surface area contributed by atoms with E-state index in [1.54, 1.807) is 18.2 Å². The number of hydrogen-bond acceptors (Lipinski definition) is 3. The van der Waals surface area contributed by atoms with E-state index in [-0.39, 0.29) is 11.5 Å². The molecule has 1 N–H and O–H groups in total. The summed E-state index contributed by atoms with van der Waals surface area (Å²) >= 11 is 0. The summed E-state index contributed by atoms with van der Waals surface area (Å²) in [6.45, 7) is 6.77. The molecule has 0 aliphatic carbocycles. The second-order valence-electron chi connectivity index (χ2n) is 5.38. The van der Waals surface area contributed by atoms with Crippen molar-refractivity contribution in [1.82, 2.24) is 4.90 Å². The van der Waals surface area contributed by atoms with Crippen LogP contribution in [-0.4, -0.2) is 28.9 Å². The molecule has 120 valence electrons. The normalized spacial score (nSPS) is 11.3. The lowest BCUT2D eigenvalue weighted by Crippen LogP contribution is -2.22. The Hall–Kier alpha value is -2.39. The molecule has 0 radical (unpaired) electrons. The van der Waals surface area contributed by atoms with Crippen molar-refractivity contribution in [3.63, 3.8) is 0 Å². The molecule has 0 heterocycles. The average Bonchev–Trinajstić information content (AvgIpc) is 2.60. The molecule has 0 saturated carbocycles. The fraction of sp³-hybridized carbons (Fsp3) is 0.250. The minimum absolute atomic E-state index is 0.0702. The number of hydrogen-bond donors (Lipinski definition) is 1. The Balaban J connectivity index is 2.17. The third-order valence-corrected chi connectivity index (χ3v) is 3.91.